The first kappa shape index (κ1) is 12.8. The van der Waals surface area contributed by atoms with Crippen LogP contribution in [0.2, 0.25) is 5.02 Å². The maximum atomic E-state index is 13.0. The van der Waals surface area contributed by atoms with Crippen molar-refractivity contribution in [3.05, 3.63) is 57.0 Å². The van der Waals surface area contributed by atoms with Crippen molar-refractivity contribution >= 4 is 40.6 Å². The number of hydrogen-bond donors (Lipinski definition) is 1. The van der Waals surface area contributed by atoms with E-state index in [0.717, 1.165) is 0 Å². The Labute approximate surface area is 112 Å². The van der Waals surface area contributed by atoms with Crippen molar-refractivity contribution in [1.29, 1.82) is 0 Å². The van der Waals surface area contributed by atoms with Gasteiger partial charge in [-0.25, -0.2) is 9.18 Å². The van der Waals surface area contributed by atoms with Gasteiger partial charge in [0.05, 0.1) is 10.6 Å². The highest BCUT2D eigenvalue weighted by atomic mass is 35.5. The summed E-state index contributed by atoms with van der Waals surface area (Å²) in [5.74, 6) is -1.56. The summed E-state index contributed by atoms with van der Waals surface area (Å²) in [7, 11) is 0. The van der Waals surface area contributed by atoms with Crippen LogP contribution in [0.3, 0.4) is 0 Å². The normalized spacial score (nSPS) is 11.6. The first-order valence-electron chi connectivity index (χ1n) is 5.02. The van der Waals surface area contributed by atoms with Gasteiger partial charge in [-0.1, -0.05) is 23.7 Å². The van der Waals surface area contributed by atoms with E-state index < -0.39 is 11.8 Å². The monoisotopic (exact) mass is 282 g/mol. The van der Waals surface area contributed by atoms with Crippen molar-refractivity contribution in [3.63, 3.8) is 0 Å². The van der Waals surface area contributed by atoms with Crippen molar-refractivity contribution in [2.24, 2.45) is 0 Å². The molecule has 0 saturated carbocycles. The number of carboxylic acids is 1. The van der Waals surface area contributed by atoms with Gasteiger partial charge >= 0.3 is 5.97 Å². The molecule has 1 aromatic carbocycles. The number of aliphatic carboxylic acids is 1. The van der Waals surface area contributed by atoms with Crippen molar-refractivity contribution in [1.82, 2.24) is 0 Å². The Balaban J connectivity index is 2.45. The molecule has 5 heteroatoms. The topological polar surface area (TPSA) is 37.3 Å². The molecule has 1 aromatic heterocycles. The summed E-state index contributed by atoms with van der Waals surface area (Å²) in [6, 6.07) is 7.58. The number of halogens is 2. The quantitative estimate of drug-likeness (QED) is 0.858. The Morgan fingerprint density at radius 2 is 2.17 bits per heavy atom. The van der Waals surface area contributed by atoms with Crippen LogP contribution in [0.25, 0.3) is 11.6 Å². The van der Waals surface area contributed by atoms with Crippen LogP contribution in [0, 0.1) is 5.82 Å². The molecule has 1 N–H and O–H groups in total. The lowest BCUT2D eigenvalue weighted by Gasteiger charge is -2.01. The summed E-state index contributed by atoms with van der Waals surface area (Å²) in [5, 5.41) is 10.9. The second kappa shape index (κ2) is 5.33. The minimum atomic E-state index is -1.03. The van der Waals surface area contributed by atoms with Gasteiger partial charge in [-0.3, -0.25) is 0 Å². The molecule has 0 spiro atoms. The minimum Gasteiger partial charge on any atom is -0.478 e. The predicted molar refractivity (Wildman–Crippen MR) is 71.2 cm³/mol. The Bertz CT molecular complexity index is 605. The van der Waals surface area contributed by atoms with Crippen LogP contribution in [0.5, 0.6) is 0 Å². The van der Waals surface area contributed by atoms with Crippen LogP contribution in [-0.4, -0.2) is 11.1 Å². The Morgan fingerprint density at radius 3 is 2.72 bits per heavy atom. The summed E-state index contributed by atoms with van der Waals surface area (Å²) in [5.41, 5.74) is 0.708. The van der Waals surface area contributed by atoms with Crippen LogP contribution >= 0.6 is 22.9 Å². The van der Waals surface area contributed by atoms with E-state index in [1.165, 1.54) is 35.6 Å². The minimum absolute atomic E-state index is 0.0281. The average Bonchev–Trinajstić information content (AvgIpc) is 2.83. The van der Waals surface area contributed by atoms with Crippen molar-refractivity contribution in [2.45, 2.75) is 0 Å². The van der Waals surface area contributed by atoms with Crippen LogP contribution < -0.4 is 0 Å². The van der Waals surface area contributed by atoms with Crippen LogP contribution in [0.4, 0.5) is 4.39 Å². The molecule has 0 unspecified atom stereocenters. The van der Waals surface area contributed by atoms with Gasteiger partial charge in [0.15, 0.2) is 0 Å². The molecule has 0 aliphatic carbocycles. The van der Waals surface area contributed by atoms with Gasteiger partial charge in [-0.05, 0) is 35.2 Å². The largest absolute Gasteiger partial charge is 0.478 e. The van der Waals surface area contributed by atoms with Gasteiger partial charge in [0.2, 0.25) is 0 Å². The molecule has 0 bridgehead atoms. The fourth-order valence-corrected chi connectivity index (χ4v) is 2.36. The lowest BCUT2D eigenvalue weighted by molar-refractivity contribution is -0.130. The second-order valence-corrected chi connectivity index (χ2v) is 4.87. The number of carboxylic acid groups (broad SMARTS) is 1. The van der Waals surface area contributed by atoms with E-state index in [2.05, 4.69) is 0 Å². The lowest BCUT2D eigenvalue weighted by atomic mass is 10.1. The Hall–Kier alpha value is -1.65. The smallest absolute Gasteiger partial charge is 0.337 e. The molecule has 0 aliphatic heterocycles. The van der Waals surface area contributed by atoms with E-state index in [0.29, 0.717) is 10.4 Å². The van der Waals surface area contributed by atoms with Crippen molar-refractivity contribution in [3.8, 4) is 0 Å². The first-order chi connectivity index (χ1) is 8.58. The molecule has 92 valence electrons. The molecule has 0 atom stereocenters. The zero-order chi connectivity index (χ0) is 13.1. The molecule has 1 heterocycles. The van der Waals surface area contributed by atoms with Crippen molar-refractivity contribution in [2.75, 3.05) is 0 Å². The molecule has 0 fully saturated rings. The molecular weight excluding hydrogens is 275 g/mol. The van der Waals surface area contributed by atoms with E-state index in [1.54, 1.807) is 17.5 Å². The highest BCUT2D eigenvalue weighted by Crippen LogP contribution is 2.24. The summed E-state index contributed by atoms with van der Waals surface area (Å²) in [6.45, 7) is 0. The van der Waals surface area contributed by atoms with Gasteiger partial charge < -0.3 is 5.11 Å². The third kappa shape index (κ3) is 2.78. The molecule has 2 rings (SSSR count). The molecule has 2 aromatic rings. The van der Waals surface area contributed by atoms with Gasteiger partial charge in [0.1, 0.15) is 5.82 Å². The lowest BCUT2D eigenvalue weighted by Crippen LogP contribution is -1.97. The Kier molecular flexibility index (Phi) is 3.79. The number of carbonyl (C=O) groups is 1. The molecule has 2 nitrogen and oxygen atoms in total. The van der Waals surface area contributed by atoms with Gasteiger partial charge in [-0.15, -0.1) is 11.3 Å². The molecule has 18 heavy (non-hydrogen) atoms. The molecule has 0 aliphatic rings. The fraction of sp³-hybridized carbons (Fsp3) is 0. The first-order valence-corrected chi connectivity index (χ1v) is 6.27. The van der Waals surface area contributed by atoms with E-state index in [4.69, 9.17) is 16.7 Å². The molecule has 0 radical (unpaired) electrons. The fourth-order valence-electron chi connectivity index (χ4n) is 1.44. The van der Waals surface area contributed by atoms with Gasteiger partial charge in [-0.2, -0.15) is 0 Å². The van der Waals surface area contributed by atoms with Crippen molar-refractivity contribution < 1.29 is 14.3 Å². The van der Waals surface area contributed by atoms with Crippen LogP contribution in [0.15, 0.2) is 35.7 Å². The summed E-state index contributed by atoms with van der Waals surface area (Å²) < 4.78 is 13.0. The average molecular weight is 283 g/mol. The number of hydrogen-bond acceptors (Lipinski definition) is 2. The van der Waals surface area contributed by atoms with E-state index >= 15 is 0 Å². The second-order valence-electron chi connectivity index (χ2n) is 3.51. The van der Waals surface area contributed by atoms with E-state index in [1.807, 2.05) is 0 Å². The zero-order valence-corrected chi connectivity index (χ0v) is 10.6. The van der Waals surface area contributed by atoms with E-state index in [9.17, 15) is 9.18 Å². The van der Waals surface area contributed by atoms with Crippen LogP contribution in [-0.2, 0) is 4.79 Å². The molecular formula is C13H8ClFO2S. The number of benzene rings is 1. The number of thiophene rings is 1. The highest BCUT2D eigenvalue weighted by Gasteiger charge is 2.11. The van der Waals surface area contributed by atoms with Crippen LogP contribution in [0.1, 0.15) is 10.4 Å². The zero-order valence-electron chi connectivity index (χ0n) is 9.06. The number of rotatable bonds is 3. The highest BCUT2D eigenvalue weighted by molar-refractivity contribution is 7.11. The summed E-state index contributed by atoms with van der Waals surface area (Å²) in [4.78, 5) is 11.8. The SMILES string of the molecule is O=C(O)/C(=C/c1ccc(F)c(Cl)c1)c1cccs1. The summed E-state index contributed by atoms with van der Waals surface area (Å²) in [6.07, 6.45) is 1.47. The molecule has 0 saturated heterocycles. The van der Waals surface area contributed by atoms with Gasteiger partial charge in [0.25, 0.3) is 0 Å². The third-order valence-electron chi connectivity index (χ3n) is 2.27. The predicted octanol–water partition coefficient (Wildman–Crippen LogP) is 4.17. The maximum absolute atomic E-state index is 13.0. The molecule has 0 amide bonds. The van der Waals surface area contributed by atoms with E-state index in [-0.39, 0.29) is 10.6 Å². The Morgan fingerprint density at radius 1 is 1.39 bits per heavy atom. The summed E-state index contributed by atoms with van der Waals surface area (Å²) >= 11 is 6.98. The van der Waals surface area contributed by atoms with Gasteiger partial charge in [0, 0.05) is 4.88 Å². The maximum Gasteiger partial charge on any atom is 0.337 e. The standard InChI is InChI=1S/C13H8ClFO2S/c14-10-7-8(3-4-11(10)15)6-9(13(16)17)12-2-1-5-18-12/h1-7H,(H,16,17)/b9-6+. The third-order valence-corrected chi connectivity index (χ3v) is 3.46.